The van der Waals surface area contributed by atoms with Gasteiger partial charge in [-0.1, -0.05) is 25.1 Å². The topological polar surface area (TPSA) is 61.9 Å². The lowest BCUT2D eigenvalue weighted by Crippen LogP contribution is -2.47. The maximum atomic E-state index is 12.6. The molecule has 1 heterocycles. The van der Waals surface area contributed by atoms with Crippen LogP contribution in [0.4, 0.5) is 5.69 Å². The molecule has 0 spiro atoms. The van der Waals surface area contributed by atoms with E-state index >= 15 is 0 Å². The highest BCUT2D eigenvalue weighted by atomic mass is 32.2. The predicted octanol–water partition coefficient (Wildman–Crippen LogP) is 3.27. The van der Waals surface area contributed by atoms with E-state index in [2.05, 4.69) is 38.8 Å². The molecule has 7 heteroatoms. The molecule has 0 unspecified atom stereocenters. The van der Waals surface area contributed by atoms with Crippen LogP contribution in [-0.2, 0) is 10.0 Å². The maximum Gasteiger partial charge on any atom is 0.240 e. The van der Waals surface area contributed by atoms with Crippen LogP contribution in [0.5, 0.6) is 5.75 Å². The summed E-state index contributed by atoms with van der Waals surface area (Å²) in [6.07, 6.45) is 1.71. The Labute approximate surface area is 180 Å². The van der Waals surface area contributed by atoms with E-state index in [0.717, 1.165) is 56.9 Å². The fourth-order valence-electron chi connectivity index (χ4n) is 3.62. The number of ether oxygens (including phenoxy) is 1. The summed E-state index contributed by atoms with van der Waals surface area (Å²) in [7, 11) is -3.50. The smallest absolute Gasteiger partial charge is 0.240 e. The number of hydrogen-bond donors (Lipinski definition) is 1. The van der Waals surface area contributed by atoms with Crippen molar-refractivity contribution in [1.82, 2.24) is 9.62 Å². The molecule has 164 valence electrons. The molecule has 30 heavy (non-hydrogen) atoms. The highest BCUT2D eigenvalue weighted by Crippen LogP contribution is 2.22. The van der Waals surface area contributed by atoms with Crippen LogP contribution >= 0.6 is 0 Å². The molecule has 0 atom stereocenters. The van der Waals surface area contributed by atoms with Crippen LogP contribution in [0.15, 0.2) is 53.4 Å². The highest BCUT2D eigenvalue weighted by molar-refractivity contribution is 7.89. The Morgan fingerprint density at radius 1 is 1.03 bits per heavy atom. The van der Waals surface area contributed by atoms with E-state index in [1.807, 2.05) is 19.9 Å². The average Bonchev–Trinajstić information content (AvgIpc) is 2.77. The highest BCUT2D eigenvalue weighted by Gasteiger charge is 2.18. The first kappa shape index (κ1) is 22.6. The van der Waals surface area contributed by atoms with Crippen LogP contribution < -0.4 is 14.4 Å². The molecule has 1 saturated heterocycles. The van der Waals surface area contributed by atoms with E-state index in [-0.39, 0.29) is 0 Å². The number of para-hydroxylation sites is 1. The molecule has 0 aliphatic carbocycles. The lowest BCUT2D eigenvalue weighted by atomic mass is 10.2. The van der Waals surface area contributed by atoms with Gasteiger partial charge in [0.15, 0.2) is 0 Å². The van der Waals surface area contributed by atoms with Gasteiger partial charge in [0.25, 0.3) is 0 Å². The Morgan fingerprint density at radius 3 is 2.43 bits per heavy atom. The minimum Gasteiger partial charge on any atom is -0.493 e. The number of hydrogen-bond acceptors (Lipinski definition) is 5. The number of benzene rings is 2. The Morgan fingerprint density at radius 2 is 1.77 bits per heavy atom. The molecule has 6 nitrogen and oxygen atoms in total. The Kier molecular flexibility index (Phi) is 8.13. The molecular formula is C23H33N3O3S. The van der Waals surface area contributed by atoms with Crippen molar-refractivity contribution in [2.24, 2.45) is 0 Å². The normalized spacial score (nSPS) is 15.3. The first-order valence-corrected chi connectivity index (χ1v) is 12.2. The molecular weight excluding hydrogens is 398 g/mol. The predicted molar refractivity (Wildman–Crippen MR) is 122 cm³/mol. The summed E-state index contributed by atoms with van der Waals surface area (Å²) < 4.78 is 33.5. The summed E-state index contributed by atoms with van der Waals surface area (Å²) in [4.78, 5) is 5.09. The second kappa shape index (κ2) is 10.8. The summed E-state index contributed by atoms with van der Waals surface area (Å²) in [5.74, 6) is 0.741. The van der Waals surface area contributed by atoms with E-state index in [9.17, 15) is 8.42 Å². The molecule has 0 bridgehead atoms. The summed E-state index contributed by atoms with van der Waals surface area (Å²) in [5, 5.41) is 0. The van der Waals surface area contributed by atoms with E-state index < -0.39 is 10.0 Å². The quantitative estimate of drug-likeness (QED) is 0.585. The van der Waals surface area contributed by atoms with Gasteiger partial charge in [0.2, 0.25) is 10.0 Å². The molecule has 2 aromatic carbocycles. The summed E-state index contributed by atoms with van der Waals surface area (Å²) in [6.45, 7) is 9.89. The van der Waals surface area contributed by atoms with Gasteiger partial charge in [0.05, 0.1) is 11.5 Å². The zero-order valence-corrected chi connectivity index (χ0v) is 18.8. The minimum absolute atomic E-state index is 0.292. The van der Waals surface area contributed by atoms with Crippen molar-refractivity contribution < 1.29 is 13.2 Å². The number of rotatable bonds is 10. The molecule has 0 amide bonds. The minimum atomic E-state index is -3.50. The monoisotopic (exact) mass is 431 g/mol. The van der Waals surface area contributed by atoms with E-state index in [1.54, 1.807) is 18.2 Å². The fourth-order valence-corrected chi connectivity index (χ4v) is 4.78. The number of piperazine rings is 1. The first-order chi connectivity index (χ1) is 14.5. The second-order valence-electron chi connectivity index (χ2n) is 7.69. The molecule has 0 aromatic heterocycles. The molecule has 3 rings (SSSR count). The molecule has 1 N–H and O–H groups in total. The zero-order chi connectivity index (χ0) is 21.4. The van der Waals surface area contributed by atoms with Gasteiger partial charge in [-0.25, -0.2) is 13.1 Å². The van der Waals surface area contributed by atoms with Gasteiger partial charge in [-0.3, -0.25) is 4.90 Å². The SMILES string of the molecule is CCCOc1ccc(S(=O)(=O)NCCCN2CCN(c3ccccc3)CC2)cc1C. The van der Waals surface area contributed by atoms with Crippen molar-refractivity contribution in [2.75, 3.05) is 50.8 Å². The van der Waals surface area contributed by atoms with Gasteiger partial charge in [-0.05, 0) is 62.2 Å². The lowest BCUT2D eigenvalue weighted by molar-refractivity contribution is 0.255. The van der Waals surface area contributed by atoms with Crippen LogP contribution in [0, 0.1) is 6.92 Å². The summed E-state index contributed by atoms with van der Waals surface area (Å²) in [5.41, 5.74) is 2.11. The largest absolute Gasteiger partial charge is 0.493 e. The van der Waals surface area contributed by atoms with Crippen LogP contribution in [0.2, 0.25) is 0 Å². The van der Waals surface area contributed by atoms with Crippen molar-refractivity contribution in [3.8, 4) is 5.75 Å². The van der Waals surface area contributed by atoms with Gasteiger partial charge in [-0.15, -0.1) is 0 Å². The number of aryl methyl sites for hydroxylation is 1. The van der Waals surface area contributed by atoms with Crippen LogP contribution in [0.3, 0.4) is 0 Å². The Hall–Kier alpha value is -2.09. The van der Waals surface area contributed by atoms with Gasteiger partial charge in [0, 0.05) is 38.4 Å². The molecule has 2 aromatic rings. The number of anilines is 1. The number of nitrogens with one attached hydrogen (secondary N) is 1. The maximum absolute atomic E-state index is 12.6. The van der Waals surface area contributed by atoms with Crippen LogP contribution in [-0.4, -0.2) is 59.2 Å². The standard InChI is InChI=1S/C23H33N3O3S/c1-3-18-29-23-11-10-22(19-20(23)2)30(27,28)24-12-7-13-25-14-16-26(17-15-25)21-8-5-4-6-9-21/h4-6,8-11,19,24H,3,7,12-18H2,1-2H3. The molecule has 1 fully saturated rings. The third-order valence-electron chi connectivity index (χ3n) is 5.36. The van der Waals surface area contributed by atoms with Crippen molar-refractivity contribution in [2.45, 2.75) is 31.6 Å². The van der Waals surface area contributed by atoms with E-state index in [4.69, 9.17) is 4.74 Å². The molecule has 0 saturated carbocycles. The summed E-state index contributed by atoms with van der Waals surface area (Å²) >= 11 is 0. The average molecular weight is 432 g/mol. The lowest BCUT2D eigenvalue weighted by Gasteiger charge is -2.36. The first-order valence-electron chi connectivity index (χ1n) is 10.7. The third kappa shape index (κ3) is 6.20. The van der Waals surface area contributed by atoms with Gasteiger partial charge >= 0.3 is 0 Å². The fraction of sp³-hybridized carbons (Fsp3) is 0.478. The summed E-state index contributed by atoms with van der Waals surface area (Å²) in [6, 6.07) is 15.5. The Balaban J connectivity index is 1.41. The third-order valence-corrected chi connectivity index (χ3v) is 6.81. The zero-order valence-electron chi connectivity index (χ0n) is 18.0. The second-order valence-corrected chi connectivity index (χ2v) is 9.46. The Bertz CT molecular complexity index is 895. The van der Waals surface area contributed by atoms with Crippen LogP contribution in [0.25, 0.3) is 0 Å². The van der Waals surface area contributed by atoms with Gasteiger partial charge < -0.3 is 9.64 Å². The molecule has 0 radical (unpaired) electrons. The molecule has 1 aliphatic rings. The van der Waals surface area contributed by atoms with Gasteiger partial charge in [0.1, 0.15) is 5.75 Å². The van der Waals surface area contributed by atoms with Gasteiger partial charge in [-0.2, -0.15) is 0 Å². The van der Waals surface area contributed by atoms with E-state index in [0.29, 0.717) is 18.0 Å². The van der Waals surface area contributed by atoms with E-state index in [1.165, 1.54) is 5.69 Å². The van der Waals surface area contributed by atoms with Crippen molar-refractivity contribution in [3.05, 3.63) is 54.1 Å². The van der Waals surface area contributed by atoms with Crippen LogP contribution in [0.1, 0.15) is 25.3 Å². The number of sulfonamides is 1. The molecule has 1 aliphatic heterocycles. The van der Waals surface area contributed by atoms with Crippen molar-refractivity contribution in [1.29, 1.82) is 0 Å². The van der Waals surface area contributed by atoms with Crippen molar-refractivity contribution in [3.63, 3.8) is 0 Å². The number of nitrogens with zero attached hydrogens (tertiary/aromatic N) is 2. The van der Waals surface area contributed by atoms with Crippen molar-refractivity contribution >= 4 is 15.7 Å².